The van der Waals surface area contributed by atoms with Gasteiger partial charge >= 0.3 is 0 Å². The lowest BCUT2D eigenvalue weighted by Crippen LogP contribution is -2.07. The molecule has 0 aromatic heterocycles. The van der Waals surface area contributed by atoms with E-state index < -0.39 is 6.10 Å². The van der Waals surface area contributed by atoms with Crippen LogP contribution in [-0.2, 0) is 11.2 Å². The number of rotatable bonds is 4. The van der Waals surface area contributed by atoms with E-state index in [-0.39, 0.29) is 12.7 Å². The Bertz CT molecular complexity index is 403. The SMILES string of the molecule is COCC(O)c1cc2c(cc1OC)CC(C)O2. The Balaban J connectivity index is 2.35. The highest BCUT2D eigenvalue weighted by Gasteiger charge is 2.24. The van der Waals surface area contributed by atoms with E-state index in [0.29, 0.717) is 11.3 Å². The van der Waals surface area contributed by atoms with Gasteiger partial charge in [0.1, 0.15) is 23.7 Å². The third-order valence-electron chi connectivity index (χ3n) is 2.93. The van der Waals surface area contributed by atoms with E-state index in [1.807, 2.05) is 19.1 Å². The van der Waals surface area contributed by atoms with Crippen molar-refractivity contribution in [2.75, 3.05) is 20.8 Å². The maximum atomic E-state index is 9.97. The Hall–Kier alpha value is -1.26. The molecule has 17 heavy (non-hydrogen) atoms. The van der Waals surface area contributed by atoms with Gasteiger partial charge in [-0.1, -0.05) is 0 Å². The summed E-state index contributed by atoms with van der Waals surface area (Å²) in [6, 6.07) is 3.79. The van der Waals surface area contributed by atoms with Gasteiger partial charge in [-0.3, -0.25) is 0 Å². The second-order valence-corrected chi connectivity index (χ2v) is 4.31. The molecule has 1 aromatic carbocycles. The first-order valence-corrected chi connectivity index (χ1v) is 5.70. The Labute approximate surface area is 101 Å². The zero-order valence-corrected chi connectivity index (χ0v) is 10.4. The van der Waals surface area contributed by atoms with Gasteiger partial charge in [0, 0.05) is 24.7 Å². The molecule has 1 heterocycles. The Morgan fingerprint density at radius 2 is 2.24 bits per heavy atom. The number of benzene rings is 1. The summed E-state index contributed by atoms with van der Waals surface area (Å²) >= 11 is 0. The van der Waals surface area contributed by atoms with Gasteiger partial charge in [-0.25, -0.2) is 0 Å². The van der Waals surface area contributed by atoms with Gasteiger partial charge in [-0.05, 0) is 19.1 Å². The topological polar surface area (TPSA) is 47.9 Å². The molecule has 0 fully saturated rings. The van der Waals surface area contributed by atoms with E-state index in [4.69, 9.17) is 14.2 Å². The van der Waals surface area contributed by atoms with E-state index in [0.717, 1.165) is 17.7 Å². The first kappa shape index (κ1) is 12.2. The van der Waals surface area contributed by atoms with Crippen molar-refractivity contribution in [2.24, 2.45) is 0 Å². The summed E-state index contributed by atoms with van der Waals surface area (Å²) in [5, 5.41) is 9.97. The number of hydrogen-bond acceptors (Lipinski definition) is 4. The van der Waals surface area contributed by atoms with Crippen molar-refractivity contribution in [3.05, 3.63) is 23.3 Å². The number of methoxy groups -OCH3 is 2. The lowest BCUT2D eigenvalue weighted by Gasteiger charge is -2.15. The fourth-order valence-electron chi connectivity index (χ4n) is 2.14. The van der Waals surface area contributed by atoms with E-state index in [2.05, 4.69) is 0 Å². The monoisotopic (exact) mass is 238 g/mol. The van der Waals surface area contributed by atoms with Gasteiger partial charge in [0.05, 0.1) is 13.7 Å². The van der Waals surface area contributed by atoms with Crippen LogP contribution in [0, 0.1) is 0 Å². The molecule has 94 valence electrons. The third kappa shape index (κ3) is 2.37. The van der Waals surface area contributed by atoms with Crippen LogP contribution in [0.15, 0.2) is 12.1 Å². The minimum Gasteiger partial charge on any atom is -0.496 e. The molecule has 1 aliphatic heterocycles. The number of aliphatic hydroxyl groups is 1. The van der Waals surface area contributed by atoms with E-state index in [9.17, 15) is 5.11 Å². The zero-order valence-electron chi connectivity index (χ0n) is 10.4. The largest absolute Gasteiger partial charge is 0.496 e. The molecule has 0 bridgehead atoms. The van der Waals surface area contributed by atoms with Crippen LogP contribution in [0.25, 0.3) is 0 Å². The highest BCUT2D eigenvalue weighted by molar-refractivity contribution is 5.49. The van der Waals surface area contributed by atoms with Crippen molar-refractivity contribution in [3.8, 4) is 11.5 Å². The molecule has 0 amide bonds. The van der Waals surface area contributed by atoms with E-state index in [1.165, 1.54) is 0 Å². The van der Waals surface area contributed by atoms with Crippen LogP contribution in [0.5, 0.6) is 11.5 Å². The number of aliphatic hydroxyl groups excluding tert-OH is 1. The van der Waals surface area contributed by atoms with Gasteiger partial charge in [-0.2, -0.15) is 0 Å². The molecule has 2 unspecified atom stereocenters. The zero-order chi connectivity index (χ0) is 12.4. The van der Waals surface area contributed by atoms with Crippen LogP contribution >= 0.6 is 0 Å². The average molecular weight is 238 g/mol. The summed E-state index contributed by atoms with van der Waals surface area (Å²) in [5.74, 6) is 1.52. The average Bonchev–Trinajstić information content (AvgIpc) is 2.66. The lowest BCUT2D eigenvalue weighted by atomic mass is 10.0. The predicted octanol–water partition coefficient (Wildman–Crippen LogP) is 1.70. The Morgan fingerprint density at radius 3 is 2.88 bits per heavy atom. The molecule has 2 atom stereocenters. The summed E-state index contributed by atoms with van der Waals surface area (Å²) < 4.78 is 15.9. The second-order valence-electron chi connectivity index (χ2n) is 4.31. The third-order valence-corrected chi connectivity index (χ3v) is 2.93. The van der Waals surface area contributed by atoms with Gasteiger partial charge in [0.2, 0.25) is 0 Å². The van der Waals surface area contributed by atoms with Crippen molar-refractivity contribution in [1.29, 1.82) is 0 Å². The minimum absolute atomic E-state index is 0.185. The van der Waals surface area contributed by atoms with Gasteiger partial charge in [0.25, 0.3) is 0 Å². The maximum Gasteiger partial charge on any atom is 0.125 e. The fraction of sp³-hybridized carbons (Fsp3) is 0.538. The maximum absolute atomic E-state index is 9.97. The van der Waals surface area contributed by atoms with Crippen LogP contribution < -0.4 is 9.47 Å². The van der Waals surface area contributed by atoms with Crippen LogP contribution in [0.3, 0.4) is 0 Å². The van der Waals surface area contributed by atoms with Crippen LogP contribution in [0.4, 0.5) is 0 Å². The van der Waals surface area contributed by atoms with Crippen molar-refractivity contribution >= 4 is 0 Å². The van der Waals surface area contributed by atoms with Gasteiger partial charge < -0.3 is 19.3 Å². The summed E-state index contributed by atoms with van der Waals surface area (Å²) in [7, 11) is 3.16. The molecule has 4 nitrogen and oxygen atoms in total. The van der Waals surface area contributed by atoms with E-state index in [1.54, 1.807) is 14.2 Å². The molecule has 0 spiro atoms. The predicted molar refractivity (Wildman–Crippen MR) is 63.6 cm³/mol. The molecule has 1 aliphatic rings. The molecule has 0 saturated heterocycles. The molecule has 0 aliphatic carbocycles. The van der Waals surface area contributed by atoms with Crippen molar-refractivity contribution < 1.29 is 19.3 Å². The highest BCUT2D eigenvalue weighted by atomic mass is 16.5. The molecular formula is C13H18O4. The number of hydrogen-bond donors (Lipinski definition) is 1. The standard InChI is InChI=1S/C13H18O4/c1-8-4-9-5-13(16-3)10(6-12(9)17-8)11(14)7-15-2/h5-6,8,11,14H,4,7H2,1-3H3. The van der Waals surface area contributed by atoms with Crippen molar-refractivity contribution in [3.63, 3.8) is 0 Å². The van der Waals surface area contributed by atoms with Crippen molar-refractivity contribution in [2.45, 2.75) is 25.6 Å². The lowest BCUT2D eigenvalue weighted by molar-refractivity contribution is 0.0626. The fourth-order valence-corrected chi connectivity index (χ4v) is 2.14. The molecule has 2 rings (SSSR count). The number of ether oxygens (including phenoxy) is 3. The van der Waals surface area contributed by atoms with Crippen LogP contribution in [-0.4, -0.2) is 32.0 Å². The number of fused-ring (bicyclic) bond motifs is 1. The summed E-state index contributed by atoms with van der Waals surface area (Å²) in [6.45, 7) is 2.27. The summed E-state index contributed by atoms with van der Waals surface area (Å²) in [6.07, 6.45) is 0.371. The molecule has 0 saturated carbocycles. The summed E-state index contributed by atoms with van der Waals surface area (Å²) in [5.41, 5.74) is 1.84. The van der Waals surface area contributed by atoms with Gasteiger partial charge in [-0.15, -0.1) is 0 Å². The summed E-state index contributed by atoms with van der Waals surface area (Å²) in [4.78, 5) is 0. The molecular weight excluding hydrogens is 220 g/mol. The van der Waals surface area contributed by atoms with Crippen molar-refractivity contribution in [1.82, 2.24) is 0 Å². The first-order valence-electron chi connectivity index (χ1n) is 5.70. The van der Waals surface area contributed by atoms with Crippen LogP contribution in [0.1, 0.15) is 24.2 Å². The molecule has 1 aromatic rings. The highest BCUT2D eigenvalue weighted by Crippen LogP contribution is 2.37. The van der Waals surface area contributed by atoms with Gasteiger partial charge in [0.15, 0.2) is 0 Å². The normalized spacial score (nSPS) is 19.6. The smallest absolute Gasteiger partial charge is 0.125 e. The molecule has 1 N–H and O–H groups in total. The quantitative estimate of drug-likeness (QED) is 0.867. The second kappa shape index (κ2) is 4.94. The first-order chi connectivity index (χ1) is 8.15. The van der Waals surface area contributed by atoms with Crippen LogP contribution in [0.2, 0.25) is 0 Å². The molecule has 4 heteroatoms. The molecule has 0 radical (unpaired) electrons. The van der Waals surface area contributed by atoms with E-state index >= 15 is 0 Å². The Kier molecular flexibility index (Phi) is 3.54. The minimum atomic E-state index is -0.695. The Morgan fingerprint density at radius 1 is 1.47 bits per heavy atom.